The number of aromatic amines is 1. The highest BCUT2D eigenvalue weighted by molar-refractivity contribution is 5.62. The van der Waals surface area contributed by atoms with Crippen molar-refractivity contribution in [2.24, 2.45) is 0 Å². The molecule has 0 bridgehead atoms. The van der Waals surface area contributed by atoms with E-state index in [0.717, 1.165) is 16.8 Å². The summed E-state index contributed by atoms with van der Waals surface area (Å²) in [6.45, 7) is 0.406. The molecule has 0 aliphatic heterocycles. The lowest BCUT2D eigenvalue weighted by atomic mass is 10.1. The lowest BCUT2D eigenvalue weighted by Gasteiger charge is -2.10. The smallest absolute Gasteiger partial charge is 0.311 e. The van der Waals surface area contributed by atoms with Gasteiger partial charge in [-0.3, -0.25) is 15.2 Å². The quantitative estimate of drug-likeness (QED) is 0.313. The molecule has 1 heterocycles. The van der Waals surface area contributed by atoms with Gasteiger partial charge in [-0.05, 0) is 48.0 Å². The minimum atomic E-state index is -0.452. The average Bonchev–Trinajstić information content (AvgIpc) is 3.34. The van der Waals surface area contributed by atoms with E-state index in [1.807, 2.05) is 24.3 Å². The molecule has 0 spiro atoms. The molecule has 2 N–H and O–H groups in total. The van der Waals surface area contributed by atoms with Gasteiger partial charge in [-0.15, -0.1) is 0 Å². The Bertz CT molecular complexity index is 1180. The second-order valence-electron chi connectivity index (χ2n) is 6.61. The Morgan fingerprint density at radius 3 is 2.58 bits per heavy atom. The zero-order valence-electron chi connectivity index (χ0n) is 16.6. The predicted molar refractivity (Wildman–Crippen MR) is 115 cm³/mol. The van der Waals surface area contributed by atoms with Gasteiger partial charge >= 0.3 is 5.69 Å². The molecule has 156 valence electrons. The Balaban J connectivity index is 1.48. The van der Waals surface area contributed by atoms with Gasteiger partial charge in [0.15, 0.2) is 5.82 Å². The average molecular weight is 417 g/mol. The molecule has 0 saturated carbocycles. The molecule has 9 heteroatoms. The summed E-state index contributed by atoms with van der Waals surface area (Å²) in [5, 5.41) is 21.5. The van der Waals surface area contributed by atoms with Crippen LogP contribution in [0.3, 0.4) is 0 Å². The molecular weight excluding hydrogens is 398 g/mol. The van der Waals surface area contributed by atoms with Crippen molar-refractivity contribution in [3.8, 4) is 28.6 Å². The highest BCUT2D eigenvalue weighted by atomic mass is 16.6. The maximum absolute atomic E-state index is 11.6. The largest absolute Gasteiger partial charge is 0.497 e. The number of nitrogens with one attached hydrogen (secondary N) is 2. The third-order valence-electron chi connectivity index (χ3n) is 4.55. The number of nitro benzene ring substituents is 1. The van der Waals surface area contributed by atoms with Crippen LogP contribution in [0.4, 0.5) is 11.4 Å². The highest BCUT2D eigenvalue weighted by Gasteiger charge is 2.17. The van der Waals surface area contributed by atoms with Crippen molar-refractivity contribution >= 4 is 11.4 Å². The Hall–Kier alpha value is -4.40. The van der Waals surface area contributed by atoms with Crippen molar-refractivity contribution in [1.29, 1.82) is 0 Å². The van der Waals surface area contributed by atoms with Crippen LogP contribution in [0.15, 0.2) is 73.1 Å². The van der Waals surface area contributed by atoms with E-state index in [9.17, 15) is 10.1 Å². The van der Waals surface area contributed by atoms with Crippen LogP contribution in [-0.4, -0.2) is 27.2 Å². The van der Waals surface area contributed by atoms with Gasteiger partial charge in [-0.25, -0.2) is 4.98 Å². The normalized spacial score (nSPS) is 10.5. The van der Waals surface area contributed by atoms with Gasteiger partial charge in [0.2, 0.25) is 5.75 Å². The molecule has 4 rings (SSSR count). The fourth-order valence-electron chi connectivity index (χ4n) is 3.00. The SMILES string of the molecule is COc1ccc(Oc2ccc(CNc3cccc(-c4ncn[nH]4)c3)cc2[N+](=O)[O-])cc1. The Labute approximate surface area is 177 Å². The van der Waals surface area contributed by atoms with Crippen molar-refractivity contribution < 1.29 is 14.4 Å². The minimum absolute atomic E-state index is 0.106. The van der Waals surface area contributed by atoms with Crippen molar-refractivity contribution in [2.75, 3.05) is 12.4 Å². The van der Waals surface area contributed by atoms with E-state index in [-0.39, 0.29) is 11.4 Å². The summed E-state index contributed by atoms with van der Waals surface area (Å²) >= 11 is 0. The zero-order valence-corrected chi connectivity index (χ0v) is 16.6. The second-order valence-corrected chi connectivity index (χ2v) is 6.61. The van der Waals surface area contributed by atoms with Crippen molar-refractivity contribution in [3.05, 3.63) is 88.7 Å². The van der Waals surface area contributed by atoms with Crippen molar-refractivity contribution in [2.45, 2.75) is 6.54 Å². The Morgan fingerprint density at radius 2 is 1.87 bits per heavy atom. The van der Waals surface area contributed by atoms with Crippen LogP contribution in [0, 0.1) is 10.1 Å². The number of ether oxygens (including phenoxy) is 2. The van der Waals surface area contributed by atoms with Gasteiger partial charge in [-0.1, -0.05) is 18.2 Å². The third kappa shape index (κ3) is 4.78. The number of rotatable bonds is 8. The van der Waals surface area contributed by atoms with E-state index in [1.54, 1.807) is 43.5 Å². The van der Waals surface area contributed by atoms with Gasteiger partial charge in [0.25, 0.3) is 0 Å². The molecule has 0 unspecified atom stereocenters. The number of H-pyrrole nitrogens is 1. The van der Waals surface area contributed by atoms with Gasteiger partial charge in [0.05, 0.1) is 12.0 Å². The molecule has 0 radical (unpaired) electrons. The monoisotopic (exact) mass is 417 g/mol. The summed E-state index contributed by atoms with van der Waals surface area (Å²) in [6, 6.07) is 19.4. The third-order valence-corrected chi connectivity index (χ3v) is 4.55. The number of benzene rings is 3. The number of nitro groups is 1. The van der Waals surface area contributed by atoms with E-state index < -0.39 is 4.92 Å². The van der Waals surface area contributed by atoms with Crippen LogP contribution in [0.2, 0.25) is 0 Å². The molecule has 0 fully saturated rings. The van der Waals surface area contributed by atoms with Gasteiger partial charge < -0.3 is 14.8 Å². The maximum atomic E-state index is 11.6. The second kappa shape index (κ2) is 8.95. The van der Waals surface area contributed by atoms with E-state index in [2.05, 4.69) is 20.5 Å². The number of hydrogen-bond donors (Lipinski definition) is 2. The van der Waals surface area contributed by atoms with Crippen molar-refractivity contribution in [1.82, 2.24) is 15.2 Å². The van der Waals surface area contributed by atoms with E-state index in [4.69, 9.17) is 9.47 Å². The Morgan fingerprint density at radius 1 is 1.06 bits per heavy atom. The molecule has 9 nitrogen and oxygen atoms in total. The minimum Gasteiger partial charge on any atom is -0.497 e. The standard InChI is InChI=1S/C22H19N5O4/c1-30-18-6-8-19(9-7-18)31-21-10-5-15(11-20(21)27(28)29)13-23-17-4-2-3-16(12-17)22-24-14-25-26-22/h2-12,14,23H,13H2,1H3,(H,24,25,26). The van der Waals surface area contributed by atoms with Crippen LogP contribution in [0.25, 0.3) is 11.4 Å². The fraction of sp³-hybridized carbons (Fsp3) is 0.0909. The molecule has 31 heavy (non-hydrogen) atoms. The van der Waals surface area contributed by atoms with E-state index in [1.165, 1.54) is 12.4 Å². The van der Waals surface area contributed by atoms with E-state index >= 15 is 0 Å². The predicted octanol–water partition coefficient (Wildman–Crippen LogP) is 4.79. The number of hydrogen-bond acceptors (Lipinski definition) is 7. The molecule has 0 atom stereocenters. The van der Waals surface area contributed by atoms with Crippen LogP contribution in [0.1, 0.15) is 5.56 Å². The zero-order chi connectivity index (χ0) is 21.6. The highest BCUT2D eigenvalue weighted by Crippen LogP contribution is 2.33. The van der Waals surface area contributed by atoms with E-state index in [0.29, 0.717) is 23.9 Å². The summed E-state index contributed by atoms with van der Waals surface area (Å²) in [4.78, 5) is 15.3. The molecule has 4 aromatic rings. The first-order valence-corrected chi connectivity index (χ1v) is 9.41. The van der Waals surface area contributed by atoms with Gasteiger partial charge in [-0.2, -0.15) is 5.10 Å². The lowest BCUT2D eigenvalue weighted by Crippen LogP contribution is -2.01. The lowest BCUT2D eigenvalue weighted by molar-refractivity contribution is -0.385. The van der Waals surface area contributed by atoms with Gasteiger partial charge in [0.1, 0.15) is 17.8 Å². The summed E-state index contributed by atoms with van der Waals surface area (Å²) in [7, 11) is 1.57. The first-order chi connectivity index (χ1) is 15.1. The molecule has 0 aliphatic carbocycles. The Kier molecular flexibility index (Phi) is 5.75. The summed E-state index contributed by atoms with van der Waals surface area (Å²) < 4.78 is 10.8. The van der Waals surface area contributed by atoms with Gasteiger partial charge in [0, 0.05) is 23.9 Å². The van der Waals surface area contributed by atoms with Crippen LogP contribution >= 0.6 is 0 Å². The first-order valence-electron chi connectivity index (χ1n) is 9.41. The summed E-state index contributed by atoms with van der Waals surface area (Å²) in [5.74, 6) is 2.00. The summed E-state index contributed by atoms with van der Waals surface area (Å²) in [6.07, 6.45) is 1.45. The molecular formula is C22H19N5O4. The molecule has 1 aromatic heterocycles. The first kappa shape index (κ1) is 19.9. The molecule has 0 amide bonds. The summed E-state index contributed by atoms with van der Waals surface area (Å²) in [5.41, 5.74) is 2.39. The number of aromatic nitrogens is 3. The van der Waals surface area contributed by atoms with Crippen LogP contribution < -0.4 is 14.8 Å². The number of anilines is 1. The molecule has 3 aromatic carbocycles. The maximum Gasteiger partial charge on any atom is 0.311 e. The van der Waals surface area contributed by atoms with Crippen LogP contribution in [0.5, 0.6) is 17.2 Å². The number of methoxy groups -OCH3 is 1. The fourth-order valence-corrected chi connectivity index (χ4v) is 3.00. The van der Waals surface area contributed by atoms with Crippen LogP contribution in [-0.2, 0) is 6.54 Å². The topological polar surface area (TPSA) is 115 Å². The number of nitrogens with zero attached hydrogens (tertiary/aromatic N) is 3. The van der Waals surface area contributed by atoms with Crippen molar-refractivity contribution in [3.63, 3.8) is 0 Å². The molecule has 0 aliphatic rings. The molecule has 0 saturated heterocycles.